The number of hydrogen-bond acceptors (Lipinski definition) is 4. The molecule has 6 heteroatoms. The van der Waals surface area contributed by atoms with Gasteiger partial charge in [0.1, 0.15) is 5.69 Å². The summed E-state index contributed by atoms with van der Waals surface area (Å²) in [5, 5.41) is 16.8. The van der Waals surface area contributed by atoms with Gasteiger partial charge in [0.25, 0.3) is 11.6 Å². The molecule has 0 aliphatic heterocycles. The molecule has 3 aromatic rings. The minimum absolute atomic E-state index is 0.130. The van der Waals surface area contributed by atoms with E-state index >= 15 is 0 Å². The highest BCUT2D eigenvalue weighted by Gasteiger charge is 2.20. The van der Waals surface area contributed by atoms with Crippen molar-refractivity contribution in [2.24, 2.45) is 0 Å². The molecule has 1 amide bonds. The largest absolute Gasteiger partial charge is 0.383 e. The lowest BCUT2D eigenvalue weighted by molar-refractivity contribution is -0.384. The van der Waals surface area contributed by atoms with Gasteiger partial charge in [-0.1, -0.05) is 30.3 Å². The fourth-order valence-electron chi connectivity index (χ4n) is 3.46. The monoisotopic (exact) mass is 359 g/mol. The number of carbonyl (C=O) groups is 1. The van der Waals surface area contributed by atoms with Gasteiger partial charge in [0.05, 0.1) is 4.92 Å². The van der Waals surface area contributed by atoms with Gasteiger partial charge in [-0.2, -0.15) is 0 Å². The number of amides is 1. The van der Waals surface area contributed by atoms with Crippen LogP contribution in [0.15, 0.2) is 60.7 Å². The lowest BCUT2D eigenvalue weighted by Crippen LogP contribution is -2.12. The molecule has 2 N–H and O–H groups in total. The van der Waals surface area contributed by atoms with E-state index in [1.807, 2.05) is 30.3 Å². The zero-order valence-electron chi connectivity index (χ0n) is 14.7. The number of nitro groups is 1. The Morgan fingerprint density at radius 2 is 1.78 bits per heavy atom. The molecule has 0 heterocycles. The predicted molar refractivity (Wildman–Crippen MR) is 105 cm³/mol. The molecule has 0 saturated carbocycles. The number of hydrogen-bond donors (Lipinski definition) is 2. The Morgan fingerprint density at radius 1 is 1.00 bits per heavy atom. The SMILES string of the molecule is CNc1ccc(C(=O)Nc2ccc3c(c2)Cc2ccccc2-3)cc1[N+](=O)[O-]. The first-order valence-electron chi connectivity index (χ1n) is 8.55. The van der Waals surface area contributed by atoms with Crippen molar-refractivity contribution < 1.29 is 9.72 Å². The van der Waals surface area contributed by atoms with Crippen molar-refractivity contribution in [3.8, 4) is 11.1 Å². The molecule has 0 saturated heterocycles. The van der Waals surface area contributed by atoms with Gasteiger partial charge in [0, 0.05) is 24.4 Å². The van der Waals surface area contributed by atoms with E-state index in [2.05, 4.69) is 22.8 Å². The normalized spacial score (nSPS) is 11.4. The second-order valence-electron chi connectivity index (χ2n) is 6.40. The highest BCUT2D eigenvalue weighted by molar-refractivity contribution is 6.05. The number of nitrogens with zero attached hydrogens (tertiary/aromatic N) is 1. The van der Waals surface area contributed by atoms with Crippen molar-refractivity contribution in [2.45, 2.75) is 6.42 Å². The Kier molecular flexibility index (Phi) is 4.08. The molecular formula is C21H17N3O3. The summed E-state index contributed by atoms with van der Waals surface area (Å²) in [6, 6.07) is 18.5. The van der Waals surface area contributed by atoms with Crippen LogP contribution in [-0.4, -0.2) is 17.9 Å². The zero-order chi connectivity index (χ0) is 19.0. The number of anilines is 2. The van der Waals surface area contributed by atoms with Crippen molar-refractivity contribution in [1.29, 1.82) is 0 Å². The third-order valence-corrected chi connectivity index (χ3v) is 4.78. The van der Waals surface area contributed by atoms with E-state index in [0.717, 1.165) is 12.0 Å². The molecule has 1 aliphatic rings. The molecule has 6 nitrogen and oxygen atoms in total. The second-order valence-corrected chi connectivity index (χ2v) is 6.40. The maximum Gasteiger partial charge on any atom is 0.293 e. The van der Waals surface area contributed by atoms with Gasteiger partial charge in [0.2, 0.25) is 0 Å². The molecule has 3 aromatic carbocycles. The van der Waals surface area contributed by atoms with Crippen LogP contribution in [0.2, 0.25) is 0 Å². The molecule has 0 unspecified atom stereocenters. The fraction of sp³-hybridized carbons (Fsp3) is 0.0952. The van der Waals surface area contributed by atoms with Gasteiger partial charge in [-0.25, -0.2) is 0 Å². The molecule has 0 fully saturated rings. The second kappa shape index (κ2) is 6.57. The van der Waals surface area contributed by atoms with Crippen LogP contribution in [0.4, 0.5) is 17.1 Å². The maximum atomic E-state index is 12.6. The van der Waals surface area contributed by atoms with E-state index in [-0.39, 0.29) is 17.2 Å². The third kappa shape index (κ3) is 3.01. The number of benzene rings is 3. The number of fused-ring (bicyclic) bond motifs is 3. The van der Waals surface area contributed by atoms with Crippen molar-refractivity contribution in [3.63, 3.8) is 0 Å². The van der Waals surface area contributed by atoms with E-state index in [1.54, 1.807) is 13.1 Å². The average Bonchev–Trinajstić information content (AvgIpc) is 3.05. The van der Waals surface area contributed by atoms with Crippen LogP contribution in [0.25, 0.3) is 11.1 Å². The van der Waals surface area contributed by atoms with Crippen LogP contribution in [0.3, 0.4) is 0 Å². The van der Waals surface area contributed by atoms with E-state index in [9.17, 15) is 14.9 Å². The number of rotatable bonds is 4. The zero-order valence-corrected chi connectivity index (χ0v) is 14.7. The topological polar surface area (TPSA) is 84.3 Å². The van der Waals surface area contributed by atoms with E-state index in [0.29, 0.717) is 11.4 Å². The summed E-state index contributed by atoms with van der Waals surface area (Å²) >= 11 is 0. The average molecular weight is 359 g/mol. The smallest absolute Gasteiger partial charge is 0.293 e. The lowest BCUT2D eigenvalue weighted by atomic mass is 10.1. The van der Waals surface area contributed by atoms with Crippen LogP contribution < -0.4 is 10.6 Å². The molecule has 4 rings (SSSR count). The molecule has 27 heavy (non-hydrogen) atoms. The summed E-state index contributed by atoms with van der Waals surface area (Å²) in [6.07, 6.45) is 0.831. The van der Waals surface area contributed by atoms with Gasteiger partial charge in [-0.3, -0.25) is 14.9 Å². The molecule has 0 atom stereocenters. The summed E-state index contributed by atoms with van der Waals surface area (Å²) in [5.41, 5.74) is 5.99. The Balaban J connectivity index is 1.59. The summed E-state index contributed by atoms with van der Waals surface area (Å²) in [5.74, 6) is -0.379. The van der Waals surface area contributed by atoms with Crippen LogP contribution >= 0.6 is 0 Å². The molecule has 0 aromatic heterocycles. The minimum atomic E-state index is -0.505. The number of carbonyl (C=O) groups excluding carboxylic acids is 1. The predicted octanol–water partition coefficient (Wildman–Crippen LogP) is 4.46. The molecule has 0 spiro atoms. The van der Waals surface area contributed by atoms with Crippen LogP contribution in [-0.2, 0) is 6.42 Å². The number of nitrogens with one attached hydrogen (secondary N) is 2. The lowest BCUT2D eigenvalue weighted by Gasteiger charge is -2.09. The molecule has 1 aliphatic carbocycles. The highest BCUT2D eigenvalue weighted by Crippen LogP contribution is 2.37. The first-order chi connectivity index (χ1) is 13.1. The number of nitro benzene ring substituents is 1. The molecular weight excluding hydrogens is 342 g/mol. The van der Waals surface area contributed by atoms with Crippen molar-refractivity contribution >= 4 is 23.0 Å². The summed E-state index contributed by atoms with van der Waals surface area (Å²) < 4.78 is 0. The Labute approximate surface area is 156 Å². The first-order valence-corrected chi connectivity index (χ1v) is 8.55. The van der Waals surface area contributed by atoms with Crippen LogP contribution in [0, 0.1) is 10.1 Å². The van der Waals surface area contributed by atoms with Crippen LogP contribution in [0.1, 0.15) is 21.5 Å². The van der Waals surface area contributed by atoms with Gasteiger partial charge in [-0.05, 0) is 52.9 Å². The van der Waals surface area contributed by atoms with E-state index < -0.39 is 4.92 Å². The Hall–Kier alpha value is -3.67. The molecule has 134 valence electrons. The quantitative estimate of drug-likeness (QED) is 0.416. The standard InChI is InChI=1S/C21H17N3O3/c1-22-19-9-6-14(12-20(19)24(26)27)21(25)23-16-7-8-18-15(11-16)10-13-4-2-3-5-17(13)18/h2-9,11-12,22H,10H2,1H3,(H,23,25). The van der Waals surface area contributed by atoms with Gasteiger partial charge < -0.3 is 10.6 Å². The fourth-order valence-corrected chi connectivity index (χ4v) is 3.46. The van der Waals surface area contributed by atoms with Gasteiger partial charge >= 0.3 is 0 Å². The Morgan fingerprint density at radius 3 is 2.56 bits per heavy atom. The van der Waals surface area contributed by atoms with Gasteiger partial charge in [-0.15, -0.1) is 0 Å². The Bertz CT molecular complexity index is 1080. The summed E-state index contributed by atoms with van der Waals surface area (Å²) in [6.45, 7) is 0. The van der Waals surface area contributed by atoms with Gasteiger partial charge in [0.15, 0.2) is 0 Å². The highest BCUT2D eigenvalue weighted by atomic mass is 16.6. The summed E-state index contributed by atoms with van der Waals surface area (Å²) in [4.78, 5) is 23.2. The van der Waals surface area contributed by atoms with Crippen molar-refractivity contribution in [1.82, 2.24) is 0 Å². The van der Waals surface area contributed by atoms with Crippen LogP contribution in [0.5, 0.6) is 0 Å². The van der Waals surface area contributed by atoms with Crippen molar-refractivity contribution in [2.75, 3.05) is 17.7 Å². The van der Waals surface area contributed by atoms with E-state index in [4.69, 9.17) is 0 Å². The van der Waals surface area contributed by atoms with Crippen molar-refractivity contribution in [3.05, 3.63) is 87.5 Å². The van der Waals surface area contributed by atoms with E-state index in [1.165, 1.54) is 28.8 Å². The molecule has 0 radical (unpaired) electrons. The maximum absolute atomic E-state index is 12.6. The summed E-state index contributed by atoms with van der Waals surface area (Å²) in [7, 11) is 1.60. The first kappa shape index (κ1) is 16.8. The minimum Gasteiger partial charge on any atom is -0.383 e. The third-order valence-electron chi connectivity index (χ3n) is 4.78. The molecule has 0 bridgehead atoms.